The van der Waals surface area contributed by atoms with Crippen molar-refractivity contribution >= 4 is 41.4 Å². The van der Waals surface area contributed by atoms with Gasteiger partial charge in [0.05, 0.1) is 12.6 Å². The fraction of sp³-hybridized carbons (Fsp3) is 0.688. The van der Waals surface area contributed by atoms with Gasteiger partial charge in [0.25, 0.3) is 0 Å². The van der Waals surface area contributed by atoms with Crippen molar-refractivity contribution in [1.82, 2.24) is 16.0 Å². The Morgan fingerprint density at radius 3 is 2.00 bits per heavy atom. The summed E-state index contributed by atoms with van der Waals surface area (Å²) in [6.07, 6.45) is 1.85. The molecule has 12 nitrogen and oxygen atoms in total. The van der Waals surface area contributed by atoms with Crippen molar-refractivity contribution in [2.45, 2.75) is 50.4 Å². The summed E-state index contributed by atoms with van der Waals surface area (Å²) >= 11 is 1.49. The van der Waals surface area contributed by atoms with Gasteiger partial charge in [-0.2, -0.15) is 11.8 Å². The predicted molar refractivity (Wildman–Crippen MR) is 106 cm³/mol. The zero-order chi connectivity index (χ0) is 22.6. The Bertz CT molecular complexity index is 604. The molecule has 0 saturated heterocycles. The highest BCUT2D eigenvalue weighted by Crippen LogP contribution is 2.03. The molecule has 4 atom stereocenters. The summed E-state index contributed by atoms with van der Waals surface area (Å²) in [4.78, 5) is 58.6. The van der Waals surface area contributed by atoms with Gasteiger partial charge >= 0.3 is 5.97 Å². The summed E-state index contributed by atoms with van der Waals surface area (Å²) in [5.74, 6) is -3.77. The molecule has 0 bridgehead atoms. The maximum Gasteiger partial charge on any atom is 0.325 e. The van der Waals surface area contributed by atoms with Gasteiger partial charge in [0.15, 0.2) is 0 Å². The Hall–Kier alpha value is -2.38. The highest BCUT2D eigenvalue weighted by molar-refractivity contribution is 7.98. The quantitative estimate of drug-likeness (QED) is 0.147. The highest BCUT2D eigenvalue weighted by Gasteiger charge is 2.29. The third-order valence-corrected chi connectivity index (χ3v) is 4.47. The van der Waals surface area contributed by atoms with Gasteiger partial charge in [0, 0.05) is 6.42 Å². The van der Waals surface area contributed by atoms with Crippen LogP contribution in [0.5, 0.6) is 0 Å². The second-order valence-electron chi connectivity index (χ2n) is 6.27. The molecule has 0 aromatic carbocycles. The lowest BCUT2D eigenvalue weighted by Crippen LogP contribution is -2.58. The van der Waals surface area contributed by atoms with E-state index < -0.39 is 60.4 Å². The predicted octanol–water partition coefficient (Wildman–Crippen LogP) is -3.12. The summed E-state index contributed by atoms with van der Waals surface area (Å²) < 4.78 is 0. The van der Waals surface area contributed by atoms with Gasteiger partial charge < -0.3 is 37.6 Å². The number of aliphatic hydroxyl groups is 1. The molecule has 0 radical (unpaired) electrons. The Balaban J connectivity index is 5.11. The number of amides is 4. The lowest BCUT2D eigenvalue weighted by atomic mass is 10.1. The van der Waals surface area contributed by atoms with Crippen LogP contribution in [0.1, 0.15) is 26.2 Å². The molecule has 0 spiro atoms. The number of carbonyl (C=O) groups is 5. The summed E-state index contributed by atoms with van der Waals surface area (Å²) in [5, 5.41) is 24.9. The average molecular weight is 436 g/mol. The lowest BCUT2D eigenvalue weighted by molar-refractivity contribution is -0.142. The molecule has 4 unspecified atom stereocenters. The van der Waals surface area contributed by atoms with E-state index in [0.29, 0.717) is 12.2 Å². The summed E-state index contributed by atoms with van der Waals surface area (Å²) in [6.45, 7) is 0.399. The number of aliphatic hydroxyl groups excluding tert-OH is 1. The summed E-state index contributed by atoms with van der Waals surface area (Å²) in [7, 11) is 0. The lowest BCUT2D eigenvalue weighted by Gasteiger charge is -2.23. The van der Waals surface area contributed by atoms with Crippen LogP contribution in [0.3, 0.4) is 0 Å². The zero-order valence-electron chi connectivity index (χ0n) is 16.3. The topological polar surface area (TPSA) is 214 Å². The van der Waals surface area contributed by atoms with Crippen LogP contribution < -0.4 is 27.4 Å². The van der Waals surface area contributed by atoms with Crippen LogP contribution in [0, 0.1) is 0 Å². The molecule has 0 fully saturated rings. The molecule has 0 saturated carbocycles. The number of hydrogen-bond acceptors (Lipinski definition) is 8. The smallest absolute Gasteiger partial charge is 0.325 e. The number of rotatable bonds is 14. The van der Waals surface area contributed by atoms with Crippen LogP contribution in [-0.4, -0.2) is 82.6 Å². The van der Waals surface area contributed by atoms with Crippen LogP contribution in [0.2, 0.25) is 0 Å². The maximum atomic E-state index is 12.5. The molecule has 0 aliphatic carbocycles. The number of aliphatic carboxylic acids is 1. The highest BCUT2D eigenvalue weighted by atomic mass is 32.2. The molecule has 13 heteroatoms. The van der Waals surface area contributed by atoms with E-state index in [-0.39, 0.29) is 12.8 Å². The fourth-order valence-corrected chi connectivity index (χ4v) is 2.54. The van der Waals surface area contributed by atoms with E-state index >= 15 is 0 Å². The summed E-state index contributed by atoms with van der Waals surface area (Å²) in [5.41, 5.74) is 10.8. The molecular formula is C16H29N5O7S. The average Bonchev–Trinajstić information content (AvgIpc) is 2.66. The van der Waals surface area contributed by atoms with Gasteiger partial charge in [-0.1, -0.05) is 0 Å². The van der Waals surface area contributed by atoms with E-state index in [1.807, 2.05) is 6.26 Å². The number of carboxylic acids is 1. The molecule has 0 aromatic rings. The molecule has 0 heterocycles. The fourth-order valence-electron chi connectivity index (χ4n) is 2.05. The largest absolute Gasteiger partial charge is 0.480 e. The van der Waals surface area contributed by atoms with Crippen LogP contribution in [0.4, 0.5) is 0 Å². The van der Waals surface area contributed by atoms with Gasteiger partial charge in [0.2, 0.25) is 23.6 Å². The Morgan fingerprint density at radius 1 is 0.966 bits per heavy atom. The van der Waals surface area contributed by atoms with Crippen LogP contribution in [0.15, 0.2) is 0 Å². The third kappa shape index (κ3) is 10.7. The monoisotopic (exact) mass is 435 g/mol. The number of carboxylic acid groups (broad SMARTS) is 1. The Morgan fingerprint density at radius 2 is 1.52 bits per heavy atom. The normalized spacial score (nSPS) is 14.8. The van der Waals surface area contributed by atoms with Crippen LogP contribution >= 0.6 is 11.8 Å². The molecule has 0 rings (SSSR count). The molecule has 0 aliphatic rings. The minimum Gasteiger partial charge on any atom is -0.480 e. The number of carbonyl (C=O) groups excluding carboxylic acids is 4. The standard InChI is InChI=1S/C16H29N5O7S/c1-8(16(27)28)19-15(26)11(7-22)21-14(25)10(3-4-12(18)23)20-13(24)9(17)5-6-29-2/h8-11,22H,3-7,17H2,1-2H3,(H2,18,23)(H,19,26)(H,20,24)(H,21,25)(H,27,28). The van der Waals surface area contributed by atoms with Gasteiger partial charge in [0.1, 0.15) is 18.1 Å². The van der Waals surface area contributed by atoms with E-state index in [1.54, 1.807) is 0 Å². The van der Waals surface area contributed by atoms with E-state index in [0.717, 1.165) is 0 Å². The van der Waals surface area contributed by atoms with Crippen LogP contribution in [-0.2, 0) is 24.0 Å². The van der Waals surface area contributed by atoms with E-state index in [9.17, 15) is 29.1 Å². The summed E-state index contributed by atoms with van der Waals surface area (Å²) in [6, 6.07) is -4.80. The molecule has 29 heavy (non-hydrogen) atoms. The second-order valence-corrected chi connectivity index (χ2v) is 7.25. The molecular weight excluding hydrogens is 406 g/mol. The number of hydrogen-bond donors (Lipinski definition) is 7. The first kappa shape index (κ1) is 26.6. The van der Waals surface area contributed by atoms with Crippen molar-refractivity contribution in [3.05, 3.63) is 0 Å². The first-order valence-corrected chi connectivity index (χ1v) is 10.2. The maximum absolute atomic E-state index is 12.5. The van der Waals surface area contributed by atoms with E-state index in [4.69, 9.17) is 16.6 Å². The molecule has 0 aliphatic heterocycles. The number of thioether (sulfide) groups is 1. The van der Waals surface area contributed by atoms with Crippen molar-refractivity contribution < 1.29 is 34.2 Å². The number of nitrogens with one attached hydrogen (secondary N) is 3. The molecule has 166 valence electrons. The van der Waals surface area contributed by atoms with Gasteiger partial charge in [-0.05, 0) is 31.8 Å². The minimum atomic E-state index is -1.46. The molecule has 4 amide bonds. The van der Waals surface area contributed by atoms with Gasteiger partial charge in [-0.3, -0.25) is 24.0 Å². The van der Waals surface area contributed by atoms with Crippen LogP contribution in [0.25, 0.3) is 0 Å². The number of nitrogens with two attached hydrogens (primary N) is 2. The number of primary amides is 1. The Kier molecular flexibility index (Phi) is 12.6. The molecule has 0 aromatic heterocycles. The first-order valence-electron chi connectivity index (χ1n) is 8.81. The van der Waals surface area contributed by atoms with E-state index in [2.05, 4.69) is 16.0 Å². The SMILES string of the molecule is CSCCC(N)C(=O)NC(CCC(N)=O)C(=O)NC(CO)C(=O)NC(C)C(=O)O. The second kappa shape index (κ2) is 13.7. The van der Waals surface area contributed by atoms with Crippen molar-refractivity contribution in [2.24, 2.45) is 11.5 Å². The van der Waals surface area contributed by atoms with Crippen molar-refractivity contribution in [1.29, 1.82) is 0 Å². The first-order chi connectivity index (χ1) is 13.5. The van der Waals surface area contributed by atoms with Gasteiger partial charge in [-0.25, -0.2) is 0 Å². The van der Waals surface area contributed by atoms with Crippen molar-refractivity contribution in [3.8, 4) is 0 Å². The van der Waals surface area contributed by atoms with E-state index in [1.165, 1.54) is 18.7 Å². The third-order valence-electron chi connectivity index (χ3n) is 3.83. The Labute approximate surface area is 172 Å². The molecule has 9 N–H and O–H groups in total. The van der Waals surface area contributed by atoms with Crippen molar-refractivity contribution in [2.75, 3.05) is 18.6 Å². The zero-order valence-corrected chi connectivity index (χ0v) is 17.2. The minimum absolute atomic E-state index is 0.145. The van der Waals surface area contributed by atoms with Gasteiger partial charge in [-0.15, -0.1) is 0 Å². The van der Waals surface area contributed by atoms with Crippen molar-refractivity contribution in [3.63, 3.8) is 0 Å².